The number of carbonyl (C=O) groups is 2. The Balaban J connectivity index is 1.65. The lowest BCUT2D eigenvalue weighted by Gasteiger charge is -2.32. The second kappa shape index (κ2) is 7.48. The second-order valence-electron chi connectivity index (χ2n) is 5.82. The van der Waals surface area contributed by atoms with Gasteiger partial charge in [-0.05, 0) is 42.8 Å². The Hall–Kier alpha value is -2.67. The first kappa shape index (κ1) is 17.2. The molecular weight excluding hydrogens is 342 g/mol. The quantitative estimate of drug-likeness (QED) is 0.844. The van der Waals surface area contributed by atoms with Gasteiger partial charge >= 0.3 is 0 Å². The molecule has 130 valence electrons. The topological polar surface area (TPSA) is 78.4 Å². The third-order valence-electron chi connectivity index (χ3n) is 4.11. The van der Waals surface area contributed by atoms with Gasteiger partial charge < -0.3 is 15.1 Å². The first-order chi connectivity index (χ1) is 12.1. The van der Waals surface area contributed by atoms with E-state index in [2.05, 4.69) is 15.5 Å². The highest BCUT2D eigenvalue weighted by Gasteiger charge is 2.18. The van der Waals surface area contributed by atoms with Crippen LogP contribution in [0.1, 0.15) is 16.1 Å². The van der Waals surface area contributed by atoms with Gasteiger partial charge in [-0.3, -0.25) is 9.59 Å². The maximum atomic E-state index is 12.3. The van der Waals surface area contributed by atoms with Crippen LogP contribution in [0.5, 0.6) is 0 Å². The molecule has 1 saturated heterocycles. The first-order valence-corrected chi connectivity index (χ1v) is 8.30. The summed E-state index contributed by atoms with van der Waals surface area (Å²) in [6, 6.07) is 8.68. The number of hydrogen-bond donors (Lipinski definition) is 1. The molecule has 0 aliphatic carbocycles. The Morgan fingerprint density at radius 3 is 2.52 bits per heavy atom. The molecule has 0 radical (unpaired) electrons. The number of rotatable bonds is 4. The fourth-order valence-electron chi connectivity index (χ4n) is 2.63. The van der Waals surface area contributed by atoms with Crippen molar-refractivity contribution in [2.24, 2.45) is 0 Å². The molecule has 1 aliphatic heterocycles. The van der Waals surface area contributed by atoms with Gasteiger partial charge in [-0.25, -0.2) is 0 Å². The van der Waals surface area contributed by atoms with Crippen molar-refractivity contribution < 1.29 is 9.59 Å². The van der Waals surface area contributed by atoms with Gasteiger partial charge in [0, 0.05) is 36.9 Å². The number of carbonyl (C=O) groups excluding carboxylic acids is 2. The van der Waals surface area contributed by atoms with Crippen LogP contribution >= 0.6 is 11.6 Å². The molecule has 7 nitrogen and oxygen atoms in total. The molecule has 25 heavy (non-hydrogen) atoms. The molecule has 1 aliphatic rings. The lowest BCUT2D eigenvalue weighted by atomic mass is 10.2. The number of nitrogens with zero attached hydrogens (tertiary/aromatic N) is 4. The summed E-state index contributed by atoms with van der Waals surface area (Å²) in [5.41, 5.74) is 1.80. The van der Waals surface area contributed by atoms with Crippen LogP contribution < -0.4 is 10.2 Å². The van der Waals surface area contributed by atoms with Crippen LogP contribution in [0.25, 0.3) is 0 Å². The highest BCUT2D eigenvalue weighted by molar-refractivity contribution is 6.30. The van der Waals surface area contributed by atoms with E-state index < -0.39 is 0 Å². The van der Waals surface area contributed by atoms with Gasteiger partial charge in [-0.15, -0.1) is 10.2 Å². The Kier molecular flexibility index (Phi) is 5.14. The van der Waals surface area contributed by atoms with Crippen LogP contribution in [-0.4, -0.2) is 53.6 Å². The highest BCUT2D eigenvalue weighted by Crippen LogP contribution is 2.20. The van der Waals surface area contributed by atoms with Gasteiger partial charge in [0.25, 0.3) is 5.91 Å². The van der Waals surface area contributed by atoms with Crippen LogP contribution in [0.15, 0.2) is 30.3 Å². The lowest BCUT2D eigenvalue weighted by Crippen LogP contribution is -2.46. The summed E-state index contributed by atoms with van der Waals surface area (Å²) < 4.78 is 0. The zero-order valence-electron chi connectivity index (χ0n) is 13.8. The summed E-state index contributed by atoms with van der Waals surface area (Å²) in [4.78, 5) is 26.8. The number of aromatic nitrogens is 2. The van der Waals surface area contributed by atoms with Crippen LogP contribution in [-0.2, 0) is 4.79 Å². The zero-order chi connectivity index (χ0) is 17.8. The van der Waals surface area contributed by atoms with Gasteiger partial charge in [0.1, 0.15) is 0 Å². The van der Waals surface area contributed by atoms with Gasteiger partial charge in [-0.1, -0.05) is 11.6 Å². The zero-order valence-corrected chi connectivity index (χ0v) is 14.5. The lowest BCUT2D eigenvalue weighted by molar-refractivity contribution is -0.118. The molecule has 3 rings (SSSR count). The second-order valence-corrected chi connectivity index (χ2v) is 6.26. The monoisotopic (exact) mass is 359 g/mol. The van der Waals surface area contributed by atoms with E-state index in [-0.39, 0.29) is 11.6 Å². The van der Waals surface area contributed by atoms with Crippen molar-refractivity contribution in [1.82, 2.24) is 15.1 Å². The van der Waals surface area contributed by atoms with E-state index in [9.17, 15) is 9.59 Å². The fourth-order valence-corrected chi connectivity index (χ4v) is 2.85. The Labute approximate surface area is 150 Å². The number of hydrogen-bond acceptors (Lipinski definition) is 5. The smallest absolute Gasteiger partial charge is 0.276 e. The van der Waals surface area contributed by atoms with Crippen molar-refractivity contribution in [2.75, 3.05) is 36.4 Å². The van der Waals surface area contributed by atoms with Crippen molar-refractivity contribution in [3.05, 3.63) is 46.6 Å². The predicted molar refractivity (Wildman–Crippen MR) is 96.0 cm³/mol. The molecule has 2 amide bonds. The van der Waals surface area contributed by atoms with Crippen molar-refractivity contribution in [1.29, 1.82) is 0 Å². The van der Waals surface area contributed by atoms with Crippen LogP contribution in [0.4, 0.5) is 11.5 Å². The normalized spacial score (nSPS) is 14.3. The molecule has 0 saturated carbocycles. The van der Waals surface area contributed by atoms with Crippen molar-refractivity contribution in [3.8, 4) is 0 Å². The number of halogens is 1. The summed E-state index contributed by atoms with van der Waals surface area (Å²) in [5.74, 6) is 0.375. The summed E-state index contributed by atoms with van der Waals surface area (Å²) in [6.07, 6.45) is 0.856. The number of amides is 2. The van der Waals surface area contributed by atoms with Gasteiger partial charge in [-0.2, -0.15) is 0 Å². The molecular formula is C17H18ClN5O2. The molecule has 1 N–H and O–H groups in total. The molecule has 2 aromatic rings. The first-order valence-electron chi connectivity index (χ1n) is 7.92. The van der Waals surface area contributed by atoms with E-state index in [4.69, 9.17) is 11.6 Å². The largest absolute Gasteiger partial charge is 0.352 e. The SMILES string of the molecule is Cc1cc(Cl)ccc1NC(=O)c1ccc(N2CCN(C=O)CC2)nn1. The van der Waals surface area contributed by atoms with E-state index in [1.807, 2.05) is 11.8 Å². The molecule has 0 atom stereocenters. The summed E-state index contributed by atoms with van der Waals surface area (Å²) >= 11 is 5.92. The molecule has 0 bridgehead atoms. The Morgan fingerprint density at radius 1 is 1.16 bits per heavy atom. The maximum Gasteiger partial charge on any atom is 0.276 e. The molecule has 8 heteroatoms. The third kappa shape index (κ3) is 4.06. The van der Waals surface area contributed by atoms with Crippen molar-refractivity contribution in [2.45, 2.75) is 6.92 Å². The molecule has 2 heterocycles. The minimum Gasteiger partial charge on any atom is -0.352 e. The molecule has 0 unspecified atom stereocenters. The summed E-state index contributed by atoms with van der Waals surface area (Å²) in [6.45, 7) is 4.58. The summed E-state index contributed by atoms with van der Waals surface area (Å²) in [5, 5.41) is 11.6. The van der Waals surface area contributed by atoms with Crippen LogP contribution in [0, 0.1) is 6.92 Å². The average Bonchev–Trinajstić information content (AvgIpc) is 2.64. The van der Waals surface area contributed by atoms with Crippen LogP contribution in [0.2, 0.25) is 5.02 Å². The molecule has 1 aromatic carbocycles. The van der Waals surface area contributed by atoms with E-state index in [0.29, 0.717) is 42.7 Å². The van der Waals surface area contributed by atoms with Gasteiger partial charge in [0.15, 0.2) is 11.5 Å². The minimum absolute atomic E-state index is 0.240. The predicted octanol–water partition coefficient (Wildman–Crippen LogP) is 1.97. The van der Waals surface area contributed by atoms with Crippen LogP contribution in [0.3, 0.4) is 0 Å². The van der Waals surface area contributed by atoms with E-state index in [1.165, 1.54) is 0 Å². The van der Waals surface area contributed by atoms with Gasteiger partial charge in [0.2, 0.25) is 6.41 Å². The number of benzene rings is 1. The molecule has 0 spiro atoms. The standard InChI is InChI=1S/C17H18ClN5O2/c1-12-10-13(18)2-3-14(12)19-17(25)15-4-5-16(21-20-15)23-8-6-22(11-24)7-9-23/h2-5,10-11H,6-9H2,1H3,(H,19,25). The minimum atomic E-state index is -0.324. The van der Waals surface area contributed by atoms with Crippen molar-refractivity contribution >= 4 is 35.4 Å². The van der Waals surface area contributed by atoms with Crippen molar-refractivity contribution in [3.63, 3.8) is 0 Å². The third-order valence-corrected chi connectivity index (χ3v) is 4.34. The number of anilines is 2. The van der Waals surface area contributed by atoms with Gasteiger partial charge in [0.05, 0.1) is 0 Å². The van der Waals surface area contributed by atoms with E-state index in [0.717, 1.165) is 12.0 Å². The number of nitrogens with one attached hydrogen (secondary N) is 1. The number of aryl methyl sites for hydroxylation is 1. The maximum absolute atomic E-state index is 12.3. The van der Waals surface area contributed by atoms with E-state index >= 15 is 0 Å². The summed E-state index contributed by atoms with van der Waals surface area (Å²) in [7, 11) is 0. The highest BCUT2D eigenvalue weighted by atomic mass is 35.5. The Bertz CT molecular complexity index is 773. The fraction of sp³-hybridized carbons (Fsp3) is 0.294. The molecule has 1 aromatic heterocycles. The average molecular weight is 360 g/mol. The van der Waals surface area contributed by atoms with E-state index in [1.54, 1.807) is 35.2 Å². The Morgan fingerprint density at radius 2 is 1.92 bits per heavy atom. The molecule has 1 fully saturated rings. The number of piperazine rings is 1.